The minimum atomic E-state index is -0.287. The second kappa shape index (κ2) is 11.4. The van der Waals surface area contributed by atoms with E-state index in [9.17, 15) is 4.79 Å². The van der Waals surface area contributed by atoms with E-state index in [2.05, 4.69) is 62.2 Å². The Kier molecular flexibility index (Phi) is 9.88. The Bertz CT molecular complexity index is 375. The molecule has 0 bridgehead atoms. The van der Waals surface area contributed by atoms with Crippen LogP contribution in [-0.2, 0) is 9.53 Å². The summed E-state index contributed by atoms with van der Waals surface area (Å²) in [6, 6.07) is -0.287. The van der Waals surface area contributed by atoms with Crippen molar-refractivity contribution < 1.29 is 9.53 Å². The van der Waals surface area contributed by atoms with Gasteiger partial charge in [0.25, 0.3) is 0 Å². The maximum atomic E-state index is 12.5. The van der Waals surface area contributed by atoms with Gasteiger partial charge < -0.3 is 15.0 Å². The fraction of sp³-hybridized carbons (Fsp3) is 0.737. The lowest BCUT2D eigenvalue weighted by atomic mass is 9.95. The molecule has 0 aliphatic heterocycles. The van der Waals surface area contributed by atoms with Gasteiger partial charge in [-0.05, 0) is 31.8 Å². The van der Waals surface area contributed by atoms with Crippen LogP contribution in [-0.4, -0.2) is 49.7 Å². The summed E-state index contributed by atoms with van der Waals surface area (Å²) in [5, 5.41) is 3.41. The zero-order valence-corrected chi connectivity index (χ0v) is 15.3. The van der Waals surface area contributed by atoms with Gasteiger partial charge in [0.05, 0.1) is 6.61 Å². The number of nitrogens with one attached hydrogen (secondary N) is 1. The van der Waals surface area contributed by atoms with Crippen LogP contribution >= 0.6 is 0 Å². The third kappa shape index (κ3) is 7.80. The van der Waals surface area contributed by atoms with E-state index in [-0.39, 0.29) is 17.9 Å². The molecule has 0 aromatic heterocycles. The number of allylic oxidation sites excluding steroid dienone is 2. The van der Waals surface area contributed by atoms with E-state index < -0.39 is 0 Å². The molecule has 0 saturated heterocycles. The minimum absolute atomic E-state index is 0.0898. The van der Waals surface area contributed by atoms with E-state index in [1.54, 1.807) is 0 Å². The number of carbonyl (C=O) groups is 1. The van der Waals surface area contributed by atoms with Gasteiger partial charge in [0.15, 0.2) is 0 Å². The molecule has 0 fully saturated rings. The molecule has 0 amide bonds. The van der Waals surface area contributed by atoms with Crippen molar-refractivity contribution in [3.63, 3.8) is 0 Å². The summed E-state index contributed by atoms with van der Waals surface area (Å²) in [7, 11) is 0. The molecule has 4 heteroatoms. The number of esters is 1. The standard InChI is InChI=1S/C19H34N2O2/c1-5-21(6-2)14-13-20-18(17-10-8-7-9-11-17)19(22)23-15-12-16(3)4/h8-11,16-18,20H,5-7,12-15H2,1-4H3. The van der Waals surface area contributed by atoms with Gasteiger partial charge >= 0.3 is 5.97 Å². The Morgan fingerprint density at radius 2 is 1.91 bits per heavy atom. The van der Waals surface area contributed by atoms with Crippen molar-refractivity contribution >= 4 is 5.97 Å². The summed E-state index contributed by atoms with van der Waals surface area (Å²) >= 11 is 0. The smallest absolute Gasteiger partial charge is 0.324 e. The first kappa shape index (κ1) is 19.9. The highest BCUT2D eigenvalue weighted by atomic mass is 16.5. The van der Waals surface area contributed by atoms with E-state index in [0.717, 1.165) is 39.0 Å². The molecule has 0 saturated carbocycles. The van der Waals surface area contributed by atoms with Gasteiger partial charge in [-0.1, -0.05) is 52.0 Å². The summed E-state index contributed by atoms with van der Waals surface area (Å²) in [6.07, 6.45) is 10.3. The van der Waals surface area contributed by atoms with Crippen LogP contribution in [0.1, 0.15) is 40.5 Å². The first-order valence-electron chi connectivity index (χ1n) is 9.04. The fourth-order valence-corrected chi connectivity index (χ4v) is 2.62. The van der Waals surface area contributed by atoms with Gasteiger partial charge in [0, 0.05) is 19.0 Å². The highest BCUT2D eigenvalue weighted by Crippen LogP contribution is 2.15. The number of rotatable bonds is 11. The largest absolute Gasteiger partial charge is 0.464 e. The van der Waals surface area contributed by atoms with Crippen LogP contribution < -0.4 is 5.32 Å². The molecule has 23 heavy (non-hydrogen) atoms. The zero-order chi connectivity index (χ0) is 17.1. The molecule has 1 unspecified atom stereocenters. The van der Waals surface area contributed by atoms with Gasteiger partial charge in [0.2, 0.25) is 0 Å². The van der Waals surface area contributed by atoms with E-state index in [0.29, 0.717) is 12.5 Å². The van der Waals surface area contributed by atoms with Crippen LogP contribution in [0.5, 0.6) is 0 Å². The Morgan fingerprint density at radius 3 is 2.48 bits per heavy atom. The molecule has 4 nitrogen and oxygen atoms in total. The molecule has 1 rings (SSSR count). The fourth-order valence-electron chi connectivity index (χ4n) is 2.62. The van der Waals surface area contributed by atoms with Gasteiger partial charge in [-0.25, -0.2) is 0 Å². The van der Waals surface area contributed by atoms with Crippen LogP contribution in [0.4, 0.5) is 0 Å². The maximum Gasteiger partial charge on any atom is 0.324 e. The molecule has 1 atom stereocenters. The first-order chi connectivity index (χ1) is 11.1. The highest BCUT2D eigenvalue weighted by molar-refractivity contribution is 5.77. The van der Waals surface area contributed by atoms with Crippen LogP contribution in [0.15, 0.2) is 24.3 Å². The van der Waals surface area contributed by atoms with E-state index in [4.69, 9.17) is 4.74 Å². The zero-order valence-electron chi connectivity index (χ0n) is 15.3. The maximum absolute atomic E-state index is 12.5. The van der Waals surface area contributed by atoms with Gasteiger partial charge in [-0.3, -0.25) is 4.79 Å². The Labute approximate surface area is 142 Å². The molecule has 0 spiro atoms. The van der Waals surface area contributed by atoms with Crippen molar-refractivity contribution in [2.75, 3.05) is 32.8 Å². The molecular formula is C19H34N2O2. The third-order valence-electron chi connectivity index (χ3n) is 4.25. The molecule has 0 heterocycles. The van der Waals surface area contributed by atoms with Crippen molar-refractivity contribution in [3.05, 3.63) is 24.3 Å². The molecule has 1 N–H and O–H groups in total. The predicted molar refractivity (Wildman–Crippen MR) is 96.4 cm³/mol. The summed E-state index contributed by atoms with van der Waals surface area (Å²) in [6.45, 7) is 12.9. The number of hydrogen-bond donors (Lipinski definition) is 1. The van der Waals surface area contributed by atoms with Crippen molar-refractivity contribution in [3.8, 4) is 0 Å². The lowest BCUT2D eigenvalue weighted by Gasteiger charge is -2.25. The molecule has 0 aromatic rings. The normalized spacial score (nSPS) is 16.3. The second-order valence-electron chi connectivity index (χ2n) is 6.48. The molecular weight excluding hydrogens is 288 g/mol. The topological polar surface area (TPSA) is 41.6 Å². The third-order valence-corrected chi connectivity index (χ3v) is 4.25. The number of likely N-dealkylation sites (N-methyl/N-ethyl adjacent to an activating group) is 1. The van der Waals surface area contributed by atoms with Crippen molar-refractivity contribution in [1.29, 1.82) is 0 Å². The second-order valence-corrected chi connectivity index (χ2v) is 6.48. The quantitative estimate of drug-likeness (QED) is 0.469. The Hall–Kier alpha value is -1.13. The van der Waals surface area contributed by atoms with Crippen LogP contribution in [0.3, 0.4) is 0 Å². The number of nitrogens with zero attached hydrogens (tertiary/aromatic N) is 1. The molecule has 0 radical (unpaired) electrons. The molecule has 132 valence electrons. The molecule has 0 aromatic carbocycles. The Morgan fingerprint density at radius 1 is 1.26 bits per heavy atom. The summed E-state index contributed by atoms with van der Waals surface area (Å²) < 4.78 is 5.50. The van der Waals surface area contributed by atoms with Crippen molar-refractivity contribution in [2.45, 2.75) is 46.6 Å². The van der Waals surface area contributed by atoms with E-state index in [1.165, 1.54) is 0 Å². The summed E-state index contributed by atoms with van der Waals surface area (Å²) in [5.74, 6) is 0.504. The average Bonchev–Trinajstić information content (AvgIpc) is 2.55. The number of carbonyl (C=O) groups excluding carboxylic acids is 1. The Balaban J connectivity index is 2.54. The lowest BCUT2D eigenvalue weighted by Crippen LogP contribution is -2.46. The van der Waals surface area contributed by atoms with Gasteiger partial charge in [-0.2, -0.15) is 0 Å². The molecule has 1 aliphatic rings. The number of hydrogen-bond acceptors (Lipinski definition) is 4. The minimum Gasteiger partial charge on any atom is -0.464 e. The SMILES string of the molecule is CCN(CC)CCNC(C(=O)OCCC(C)C)C1C=CCC=C1. The lowest BCUT2D eigenvalue weighted by molar-refractivity contribution is -0.147. The number of ether oxygens (including phenoxy) is 1. The molecule has 1 aliphatic carbocycles. The highest BCUT2D eigenvalue weighted by Gasteiger charge is 2.26. The van der Waals surface area contributed by atoms with Crippen LogP contribution in [0.25, 0.3) is 0 Å². The first-order valence-corrected chi connectivity index (χ1v) is 9.04. The van der Waals surface area contributed by atoms with Gasteiger partial charge in [-0.15, -0.1) is 0 Å². The monoisotopic (exact) mass is 322 g/mol. The van der Waals surface area contributed by atoms with Crippen molar-refractivity contribution in [1.82, 2.24) is 10.2 Å². The van der Waals surface area contributed by atoms with Crippen molar-refractivity contribution in [2.24, 2.45) is 11.8 Å². The van der Waals surface area contributed by atoms with E-state index in [1.807, 2.05) is 0 Å². The summed E-state index contributed by atoms with van der Waals surface area (Å²) in [5.41, 5.74) is 0. The predicted octanol–water partition coefficient (Wildman–Crippen LogP) is 3.01. The van der Waals surface area contributed by atoms with E-state index >= 15 is 0 Å². The van der Waals surface area contributed by atoms with Crippen LogP contribution in [0.2, 0.25) is 0 Å². The van der Waals surface area contributed by atoms with Gasteiger partial charge in [0.1, 0.15) is 6.04 Å². The summed E-state index contributed by atoms with van der Waals surface area (Å²) in [4.78, 5) is 14.8. The average molecular weight is 322 g/mol. The van der Waals surface area contributed by atoms with Crippen LogP contribution in [0, 0.1) is 11.8 Å².